The molecule has 0 aromatic carbocycles. The van der Waals surface area contributed by atoms with Crippen LogP contribution in [0.1, 0.15) is 25.0 Å². The molecule has 3 rings (SSSR count). The molecule has 0 bridgehead atoms. The number of H-pyrrole nitrogens is 1. The number of aromatic nitrogens is 2. The molecule has 5 heteroatoms. The molecule has 0 unspecified atom stereocenters. The molecular weight excluding hydrogens is 238 g/mol. The van der Waals surface area contributed by atoms with Crippen LogP contribution in [-0.4, -0.2) is 22.5 Å². The molecule has 2 heterocycles. The molecule has 2 aromatic rings. The van der Waals surface area contributed by atoms with E-state index in [2.05, 4.69) is 20.3 Å². The van der Waals surface area contributed by atoms with Crippen LogP contribution in [0.5, 0.6) is 0 Å². The monoisotopic (exact) mass is 257 g/mol. The Bertz CT molecular complexity index is 582. The van der Waals surface area contributed by atoms with E-state index in [1.807, 2.05) is 24.4 Å². The molecule has 100 valence electrons. The van der Waals surface area contributed by atoms with Gasteiger partial charge in [0.05, 0.1) is 12.2 Å². The zero-order chi connectivity index (χ0) is 13.1. The summed E-state index contributed by atoms with van der Waals surface area (Å²) in [5.41, 5.74) is 7.66. The number of pyridine rings is 1. The number of aliphatic imine (C=N–C) groups is 1. The summed E-state index contributed by atoms with van der Waals surface area (Å²) in [6.07, 6.45) is 5.86. The Kier molecular flexibility index (Phi) is 3.35. The predicted octanol–water partition coefficient (Wildman–Crippen LogP) is 1.77. The van der Waals surface area contributed by atoms with Crippen molar-refractivity contribution < 1.29 is 0 Å². The maximum atomic E-state index is 5.84. The van der Waals surface area contributed by atoms with Crippen LogP contribution in [0, 0.1) is 5.92 Å². The van der Waals surface area contributed by atoms with Crippen LogP contribution in [0.15, 0.2) is 29.4 Å². The Balaban J connectivity index is 1.57. The van der Waals surface area contributed by atoms with Crippen molar-refractivity contribution in [1.29, 1.82) is 0 Å². The van der Waals surface area contributed by atoms with Crippen molar-refractivity contribution in [3.63, 3.8) is 0 Å². The zero-order valence-corrected chi connectivity index (χ0v) is 10.9. The molecule has 0 aliphatic heterocycles. The SMILES string of the molecule is NC(=NCc1ccc2cc[nH]c2n1)NCC1CCC1. The molecule has 0 spiro atoms. The maximum absolute atomic E-state index is 5.84. The van der Waals surface area contributed by atoms with Crippen LogP contribution in [0.4, 0.5) is 0 Å². The zero-order valence-electron chi connectivity index (χ0n) is 10.9. The van der Waals surface area contributed by atoms with Crippen LogP contribution in [-0.2, 0) is 6.54 Å². The third-order valence-electron chi connectivity index (χ3n) is 3.68. The van der Waals surface area contributed by atoms with E-state index in [0.29, 0.717) is 12.5 Å². The molecule has 0 atom stereocenters. The minimum atomic E-state index is 0.512. The lowest BCUT2D eigenvalue weighted by molar-refractivity contribution is 0.315. The lowest BCUT2D eigenvalue weighted by Gasteiger charge is -2.25. The number of aromatic amines is 1. The van der Waals surface area contributed by atoms with Gasteiger partial charge in [-0.2, -0.15) is 0 Å². The van der Waals surface area contributed by atoms with E-state index in [-0.39, 0.29) is 0 Å². The highest BCUT2D eigenvalue weighted by Gasteiger charge is 2.16. The van der Waals surface area contributed by atoms with E-state index in [1.54, 1.807) is 0 Å². The van der Waals surface area contributed by atoms with Gasteiger partial charge in [0.25, 0.3) is 0 Å². The second kappa shape index (κ2) is 5.30. The van der Waals surface area contributed by atoms with Gasteiger partial charge in [0, 0.05) is 18.1 Å². The lowest BCUT2D eigenvalue weighted by atomic mass is 9.85. The van der Waals surface area contributed by atoms with Crippen molar-refractivity contribution in [2.45, 2.75) is 25.8 Å². The Morgan fingerprint density at radius 3 is 3.11 bits per heavy atom. The first-order valence-corrected chi connectivity index (χ1v) is 6.78. The van der Waals surface area contributed by atoms with E-state index in [1.165, 1.54) is 19.3 Å². The van der Waals surface area contributed by atoms with Crippen LogP contribution < -0.4 is 11.1 Å². The van der Waals surface area contributed by atoms with E-state index in [0.717, 1.165) is 29.2 Å². The molecule has 1 saturated carbocycles. The topological polar surface area (TPSA) is 79.1 Å². The molecule has 1 aliphatic carbocycles. The summed E-state index contributed by atoms with van der Waals surface area (Å²) in [7, 11) is 0. The van der Waals surface area contributed by atoms with Crippen molar-refractivity contribution in [1.82, 2.24) is 15.3 Å². The fraction of sp³-hybridized carbons (Fsp3) is 0.429. The van der Waals surface area contributed by atoms with E-state index in [9.17, 15) is 0 Å². The summed E-state index contributed by atoms with van der Waals surface area (Å²) < 4.78 is 0. The molecule has 0 saturated heterocycles. The maximum Gasteiger partial charge on any atom is 0.188 e. The van der Waals surface area contributed by atoms with Crippen LogP contribution >= 0.6 is 0 Å². The van der Waals surface area contributed by atoms with Crippen molar-refractivity contribution in [2.75, 3.05) is 6.54 Å². The van der Waals surface area contributed by atoms with Gasteiger partial charge in [-0.1, -0.05) is 6.42 Å². The molecule has 2 aromatic heterocycles. The van der Waals surface area contributed by atoms with Crippen molar-refractivity contribution >= 4 is 17.0 Å². The molecule has 4 N–H and O–H groups in total. The van der Waals surface area contributed by atoms with Crippen LogP contribution in [0.3, 0.4) is 0 Å². The largest absolute Gasteiger partial charge is 0.370 e. The summed E-state index contributed by atoms with van der Waals surface area (Å²) >= 11 is 0. The second-order valence-corrected chi connectivity index (χ2v) is 5.10. The van der Waals surface area contributed by atoms with Gasteiger partial charge in [0.2, 0.25) is 0 Å². The first-order chi connectivity index (χ1) is 9.31. The van der Waals surface area contributed by atoms with Gasteiger partial charge in [0.15, 0.2) is 5.96 Å². The molecule has 5 nitrogen and oxygen atoms in total. The number of nitrogens with two attached hydrogens (primary N) is 1. The highest BCUT2D eigenvalue weighted by molar-refractivity contribution is 5.78. The summed E-state index contributed by atoms with van der Waals surface area (Å²) in [5.74, 6) is 1.29. The Morgan fingerprint density at radius 1 is 1.42 bits per heavy atom. The average molecular weight is 257 g/mol. The third-order valence-corrected chi connectivity index (χ3v) is 3.68. The predicted molar refractivity (Wildman–Crippen MR) is 76.8 cm³/mol. The highest BCUT2D eigenvalue weighted by atomic mass is 15.1. The Labute approximate surface area is 112 Å². The molecule has 19 heavy (non-hydrogen) atoms. The van der Waals surface area contributed by atoms with Gasteiger partial charge in [-0.15, -0.1) is 0 Å². The quantitative estimate of drug-likeness (QED) is 0.577. The highest BCUT2D eigenvalue weighted by Crippen LogP contribution is 2.24. The standard InChI is InChI=1S/C14H19N5/c15-14(17-8-10-2-1-3-10)18-9-12-5-4-11-6-7-16-13(11)19-12/h4-7,10H,1-3,8-9H2,(H,16,19)(H3,15,17,18). The minimum absolute atomic E-state index is 0.512. The number of hydrogen-bond donors (Lipinski definition) is 3. The molecule has 0 radical (unpaired) electrons. The Morgan fingerprint density at radius 2 is 2.32 bits per heavy atom. The molecule has 1 fully saturated rings. The van der Waals surface area contributed by atoms with Gasteiger partial charge >= 0.3 is 0 Å². The van der Waals surface area contributed by atoms with Gasteiger partial charge in [0.1, 0.15) is 5.65 Å². The normalized spacial score (nSPS) is 16.5. The molecular formula is C14H19N5. The van der Waals surface area contributed by atoms with Gasteiger partial charge in [-0.25, -0.2) is 9.98 Å². The summed E-state index contributed by atoms with van der Waals surface area (Å²) in [6, 6.07) is 6.03. The summed E-state index contributed by atoms with van der Waals surface area (Å²) in [6.45, 7) is 1.46. The van der Waals surface area contributed by atoms with Crippen molar-refractivity contribution in [2.24, 2.45) is 16.6 Å². The minimum Gasteiger partial charge on any atom is -0.370 e. The van der Waals surface area contributed by atoms with E-state index in [4.69, 9.17) is 5.73 Å². The first kappa shape index (κ1) is 12.0. The molecule has 0 amide bonds. The van der Waals surface area contributed by atoms with E-state index < -0.39 is 0 Å². The lowest BCUT2D eigenvalue weighted by Crippen LogP contribution is -2.37. The van der Waals surface area contributed by atoms with Crippen LogP contribution in [0.25, 0.3) is 11.0 Å². The van der Waals surface area contributed by atoms with Crippen molar-refractivity contribution in [3.05, 3.63) is 30.1 Å². The average Bonchev–Trinajstić information content (AvgIpc) is 2.81. The number of guanidine groups is 1. The fourth-order valence-corrected chi connectivity index (χ4v) is 2.23. The van der Waals surface area contributed by atoms with E-state index >= 15 is 0 Å². The number of rotatable bonds is 4. The second-order valence-electron chi connectivity index (χ2n) is 5.10. The number of nitrogens with one attached hydrogen (secondary N) is 2. The van der Waals surface area contributed by atoms with Crippen molar-refractivity contribution in [3.8, 4) is 0 Å². The summed E-state index contributed by atoms with van der Waals surface area (Å²) in [4.78, 5) is 11.9. The number of nitrogens with zero attached hydrogens (tertiary/aromatic N) is 2. The smallest absolute Gasteiger partial charge is 0.188 e. The first-order valence-electron chi connectivity index (χ1n) is 6.78. The molecule has 1 aliphatic rings. The number of fused-ring (bicyclic) bond motifs is 1. The van der Waals surface area contributed by atoms with Crippen LogP contribution in [0.2, 0.25) is 0 Å². The van der Waals surface area contributed by atoms with Gasteiger partial charge < -0.3 is 16.0 Å². The van der Waals surface area contributed by atoms with Gasteiger partial charge in [-0.3, -0.25) is 0 Å². The fourth-order valence-electron chi connectivity index (χ4n) is 2.23. The van der Waals surface area contributed by atoms with Gasteiger partial charge in [-0.05, 0) is 37.0 Å². The number of hydrogen-bond acceptors (Lipinski definition) is 2. The summed E-state index contributed by atoms with van der Waals surface area (Å²) in [5, 5.41) is 4.29. The Hall–Kier alpha value is -2.04. The third kappa shape index (κ3) is 2.86.